The second-order valence-corrected chi connectivity index (χ2v) is 5.10. The number of benzene rings is 2. The van der Waals surface area contributed by atoms with Crippen LogP contribution in [0, 0.1) is 0 Å². The number of fused-ring (bicyclic) bond motifs is 1. The van der Waals surface area contributed by atoms with E-state index in [0.29, 0.717) is 22.3 Å². The smallest absolute Gasteiger partial charge is 0.343 e. The summed E-state index contributed by atoms with van der Waals surface area (Å²) < 4.78 is 15.6. The zero-order valence-electron chi connectivity index (χ0n) is 12.0. The van der Waals surface area contributed by atoms with Crippen molar-refractivity contribution in [1.82, 2.24) is 0 Å². The molecule has 5 nitrogen and oxygen atoms in total. The van der Waals surface area contributed by atoms with Gasteiger partial charge in [0.15, 0.2) is 0 Å². The van der Waals surface area contributed by atoms with Crippen molar-refractivity contribution in [3.8, 4) is 11.5 Å². The third kappa shape index (κ3) is 3.05. The lowest BCUT2D eigenvalue weighted by molar-refractivity contribution is 0.0735. The molecule has 0 aliphatic rings. The minimum absolute atomic E-state index is 0.000442. The SMILES string of the molecule is COc1ccc(C(=O)Oc2ccc3c(=O)c(Cl)coc3c2)cc1. The van der Waals surface area contributed by atoms with Crippen LogP contribution in [0.1, 0.15) is 10.4 Å². The first kappa shape index (κ1) is 15.1. The largest absolute Gasteiger partial charge is 0.497 e. The average Bonchev–Trinajstić information content (AvgIpc) is 2.58. The first-order chi connectivity index (χ1) is 11.1. The number of methoxy groups -OCH3 is 1. The van der Waals surface area contributed by atoms with E-state index < -0.39 is 5.97 Å². The van der Waals surface area contributed by atoms with E-state index in [1.54, 1.807) is 31.4 Å². The van der Waals surface area contributed by atoms with Crippen LogP contribution in [0.3, 0.4) is 0 Å². The Hall–Kier alpha value is -2.79. The lowest BCUT2D eigenvalue weighted by Gasteiger charge is -2.06. The van der Waals surface area contributed by atoms with E-state index in [9.17, 15) is 9.59 Å². The lowest BCUT2D eigenvalue weighted by Crippen LogP contribution is -2.08. The van der Waals surface area contributed by atoms with Crippen LogP contribution in [0.4, 0.5) is 0 Å². The van der Waals surface area contributed by atoms with E-state index in [0.717, 1.165) is 6.26 Å². The highest BCUT2D eigenvalue weighted by atomic mass is 35.5. The lowest BCUT2D eigenvalue weighted by atomic mass is 10.2. The predicted octanol–water partition coefficient (Wildman–Crippen LogP) is 3.67. The third-order valence-corrected chi connectivity index (χ3v) is 3.50. The van der Waals surface area contributed by atoms with E-state index in [4.69, 9.17) is 25.5 Å². The number of carbonyl (C=O) groups excluding carboxylic acids is 1. The maximum absolute atomic E-state index is 12.1. The summed E-state index contributed by atoms with van der Waals surface area (Å²) in [6.45, 7) is 0. The van der Waals surface area contributed by atoms with Gasteiger partial charge in [0.05, 0.1) is 18.1 Å². The fraction of sp³-hybridized carbons (Fsp3) is 0.0588. The van der Waals surface area contributed by atoms with Crippen LogP contribution < -0.4 is 14.9 Å². The van der Waals surface area contributed by atoms with Gasteiger partial charge in [-0.1, -0.05) is 11.6 Å². The van der Waals surface area contributed by atoms with Crippen LogP contribution in [-0.4, -0.2) is 13.1 Å². The normalized spacial score (nSPS) is 10.5. The maximum atomic E-state index is 12.1. The number of hydrogen-bond acceptors (Lipinski definition) is 5. The number of carbonyl (C=O) groups is 1. The van der Waals surface area contributed by atoms with Gasteiger partial charge in [0.25, 0.3) is 0 Å². The minimum atomic E-state index is -0.525. The van der Waals surface area contributed by atoms with Crippen molar-refractivity contribution in [2.24, 2.45) is 0 Å². The predicted molar refractivity (Wildman–Crippen MR) is 85.4 cm³/mol. The molecule has 0 fully saturated rings. The Labute approximate surface area is 136 Å². The fourth-order valence-corrected chi connectivity index (χ4v) is 2.19. The third-order valence-electron chi connectivity index (χ3n) is 3.24. The molecule has 0 aliphatic carbocycles. The van der Waals surface area contributed by atoms with Gasteiger partial charge in [0.2, 0.25) is 5.43 Å². The summed E-state index contributed by atoms with van der Waals surface area (Å²) in [5, 5.41) is 0.322. The molecule has 3 aromatic rings. The summed E-state index contributed by atoms with van der Waals surface area (Å²) in [6.07, 6.45) is 1.15. The van der Waals surface area contributed by atoms with Crippen molar-refractivity contribution in [2.75, 3.05) is 7.11 Å². The zero-order chi connectivity index (χ0) is 16.4. The Morgan fingerprint density at radius 1 is 1.09 bits per heavy atom. The Morgan fingerprint density at radius 2 is 1.78 bits per heavy atom. The minimum Gasteiger partial charge on any atom is -0.497 e. The van der Waals surface area contributed by atoms with Crippen LogP contribution in [0.2, 0.25) is 5.02 Å². The molecule has 23 heavy (non-hydrogen) atoms. The molecular weight excluding hydrogens is 320 g/mol. The van der Waals surface area contributed by atoms with Gasteiger partial charge in [-0.15, -0.1) is 0 Å². The summed E-state index contributed by atoms with van der Waals surface area (Å²) in [6, 6.07) is 11.0. The van der Waals surface area contributed by atoms with Gasteiger partial charge in [-0.25, -0.2) is 4.79 Å². The van der Waals surface area contributed by atoms with Crippen molar-refractivity contribution in [3.63, 3.8) is 0 Å². The van der Waals surface area contributed by atoms with Crippen molar-refractivity contribution >= 4 is 28.5 Å². The van der Waals surface area contributed by atoms with Crippen LogP contribution in [0.25, 0.3) is 11.0 Å². The van der Waals surface area contributed by atoms with Gasteiger partial charge in [0, 0.05) is 6.07 Å². The van der Waals surface area contributed by atoms with E-state index in [1.807, 2.05) is 0 Å². The molecule has 0 aliphatic heterocycles. The van der Waals surface area contributed by atoms with Crippen molar-refractivity contribution in [3.05, 3.63) is 69.5 Å². The molecule has 0 atom stereocenters. The monoisotopic (exact) mass is 330 g/mol. The van der Waals surface area contributed by atoms with Gasteiger partial charge in [-0.2, -0.15) is 0 Å². The van der Waals surface area contributed by atoms with Crippen molar-refractivity contribution < 1.29 is 18.7 Å². The molecule has 0 saturated carbocycles. The van der Waals surface area contributed by atoms with Crippen LogP contribution in [0.5, 0.6) is 11.5 Å². The quantitative estimate of drug-likeness (QED) is 0.541. The summed E-state index contributed by atoms with van der Waals surface area (Å²) in [5.41, 5.74) is 0.337. The highest BCUT2D eigenvalue weighted by Crippen LogP contribution is 2.21. The highest BCUT2D eigenvalue weighted by Gasteiger charge is 2.11. The van der Waals surface area contributed by atoms with Crippen LogP contribution in [0.15, 0.2) is 57.9 Å². The number of halogens is 1. The Morgan fingerprint density at radius 3 is 2.48 bits per heavy atom. The van der Waals surface area contributed by atoms with Crippen molar-refractivity contribution in [2.45, 2.75) is 0 Å². The molecule has 116 valence electrons. The average molecular weight is 331 g/mol. The van der Waals surface area contributed by atoms with Gasteiger partial charge < -0.3 is 13.9 Å². The van der Waals surface area contributed by atoms with Crippen LogP contribution >= 0.6 is 11.6 Å². The first-order valence-corrected chi connectivity index (χ1v) is 7.03. The van der Waals surface area contributed by atoms with Gasteiger partial charge in [-0.3, -0.25) is 4.79 Å². The molecule has 1 heterocycles. The summed E-state index contributed by atoms with van der Waals surface area (Å²) in [7, 11) is 1.54. The molecule has 0 N–H and O–H groups in total. The Bertz CT molecular complexity index is 928. The van der Waals surface area contributed by atoms with Gasteiger partial charge in [-0.05, 0) is 36.4 Å². The molecule has 0 unspecified atom stereocenters. The molecule has 0 saturated heterocycles. The standard InChI is InChI=1S/C17H11ClO5/c1-21-11-4-2-10(3-5-11)17(20)23-12-6-7-13-15(8-12)22-9-14(18)16(13)19/h2-9H,1H3. The number of esters is 1. The molecule has 6 heteroatoms. The van der Waals surface area contributed by atoms with Gasteiger partial charge >= 0.3 is 5.97 Å². The van der Waals surface area contributed by atoms with E-state index >= 15 is 0 Å². The summed E-state index contributed by atoms with van der Waals surface area (Å²) in [5.74, 6) is 0.387. The maximum Gasteiger partial charge on any atom is 0.343 e. The van der Waals surface area contributed by atoms with Gasteiger partial charge in [0.1, 0.15) is 28.4 Å². The topological polar surface area (TPSA) is 65.7 Å². The van der Waals surface area contributed by atoms with Crippen LogP contribution in [-0.2, 0) is 0 Å². The number of ether oxygens (including phenoxy) is 2. The van der Waals surface area contributed by atoms with E-state index in [-0.39, 0.29) is 16.2 Å². The Balaban J connectivity index is 1.87. The molecule has 0 spiro atoms. The number of hydrogen-bond donors (Lipinski definition) is 0. The fourth-order valence-electron chi connectivity index (χ4n) is 2.04. The highest BCUT2D eigenvalue weighted by molar-refractivity contribution is 6.30. The molecule has 0 bridgehead atoms. The second-order valence-electron chi connectivity index (χ2n) is 4.69. The first-order valence-electron chi connectivity index (χ1n) is 6.66. The zero-order valence-corrected chi connectivity index (χ0v) is 12.8. The molecule has 0 amide bonds. The Kier molecular flexibility index (Phi) is 4.04. The molecule has 2 aromatic carbocycles. The molecule has 0 radical (unpaired) electrons. The summed E-state index contributed by atoms with van der Waals surface area (Å²) >= 11 is 5.71. The molecule has 1 aromatic heterocycles. The molecular formula is C17H11ClO5. The summed E-state index contributed by atoms with van der Waals surface area (Å²) in [4.78, 5) is 23.9. The number of rotatable bonds is 3. The van der Waals surface area contributed by atoms with Crippen molar-refractivity contribution in [1.29, 1.82) is 0 Å². The van der Waals surface area contributed by atoms with E-state index in [1.165, 1.54) is 18.2 Å². The second kappa shape index (κ2) is 6.14. The molecule has 3 rings (SSSR count). The van der Waals surface area contributed by atoms with E-state index in [2.05, 4.69) is 0 Å².